The number of aliphatic hydroxyl groups excluding tert-OH is 1. The first kappa shape index (κ1) is 16.5. The summed E-state index contributed by atoms with van der Waals surface area (Å²) in [6.07, 6.45) is 2.55. The molecule has 0 amide bonds. The van der Waals surface area contributed by atoms with Crippen LogP contribution < -0.4 is 14.2 Å². The van der Waals surface area contributed by atoms with Crippen LogP contribution in [0.25, 0.3) is 0 Å². The zero-order valence-electron chi connectivity index (χ0n) is 12.6. The summed E-state index contributed by atoms with van der Waals surface area (Å²) in [5.74, 6) is 12.7. The van der Waals surface area contributed by atoms with E-state index in [4.69, 9.17) is 19.3 Å². The predicted molar refractivity (Wildman–Crippen MR) is 81.6 cm³/mol. The molecule has 0 fully saturated rings. The Morgan fingerprint density at radius 2 is 1.57 bits per heavy atom. The number of hydrogen-bond donors (Lipinski definition) is 1. The maximum absolute atomic E-state index is 8.97. The molecule has 0 radical (unpaired) electrons. The lowest BCUT2D eigenvalue weighted by atomic mass is 10.2. The van der Waals surface area contributed by atoms with Crippen LogP contribution in [-0.2, 0) is 0 Å². The Morgan fingerprint density at radius 3 is 2.05 bits per heavy atom. The summed E-state index contributed by atoms with van der Waals surface area (Å²) in [7, 11) is 4.66. The Morgan fingerprint density at radius 1 is 1.00 bits per heavy atom. The van der Waals surface area contributed by atoms with E-state index in [0.29, 0.717) is 17.2 Å². The van der Waals surface area contributed by atoms with E-state index in [1.165, 1.54) is 0 Å². The zero-order chi connectivity index (χ0) is 15.7. The van der Waals surface area contributed by atoms with E-state index >= 15 is 0 Å². The lowest BCUT2D eigenvalue weighted by Gasteiger charge is -2.12. The van der Waals surface area contributed by atoms with Crippen LogP contribution >= 0.6 is 0 Å². The predicted octanol–water partition coefficient (Wildman–Crippen LogP) is 2.00. The van der Waals surface area contributed by atoms with Crippen molar-refractivity contribution in [3.05, 3.63) is 29.8 Å². The maximum atomic E-state index is 8.97. The van der Waals surface area contributed by atoms with Gasteiger partial charge in [0.25, 0.3) is 0 Å². The van der Waals surface area contributed by atoms with Gasteiger partial charge in [-0.25, -0.2) is 0 Å². The third kappa shape index (κ3) is 5.14. The van der Waals surface area contributed by atoms with Crippen molar-refractivity contribution in [2.45, 2.75) is 13.0 Å². The number of methoxy groups -OCH3 is 3. The van der Waals surface area contributed by atoms with Gasteiger partial charge in [-0.1, -0.05) is 23.7 Å². The molecular weight excluding hydrogens is 268 g/mol. The second-order valence-corrected chi connectivity index (χ2v) is 3.98. The first-order valence-corrected chi connectivity index (χ1v) is 6.28. The number of benzene rings is 1. The molecule has 1 N–H and O–H groups in total. The van der Waals surface area contributed by atoms with Crippen molar-refractivity contribution in [1.82, 2.24) is 0 Å². The van der Waals surface area contributed by atoms with E-state index in [-0.39, 0.29) is 0 Å². The Bertz CT molecular complexity index is 597. The maximum Gasteiger partial charge on any atom is 0.203 e. The summed E-state index contributed by atoms with van der Waals surface area (Å²) < 4.78 is 15.7. The zero-order valence-corrected chi connectivity index (χ0v) is 12.6. The molecule has 0 saturated heterocycles. The van der Waals surface area contributed by atoms with Crippen LogP contribution in [0.4, 0.5) is 0 Å². The quantitative estimate of drug-likeness (QED) is 0.864. The van der Waals surface area contributed by atoms with Crippen molar-refractivity contribution in [3.63, 3.8) is 0 Å². The lowest BCUT2D eigenvalue weighted by molar-refractivity contribution is 0.253. The van der Waals surface area contributed by atoms with Crippen LogP contribution in [0, 0.1) is 23.7 Å². The normalized spacial score (nSPS) is 10.9. The Labute approximate surface area is 125 Å². The summed E-state index contributed by atoms with van der Waals surface area (Å²) in [6, 6.07) is 3.54. The van der Waals surface area contributed by atoms with Gasteiger partial charge in [-0.15, -0.1) is 0 Å². The van der Waals surface area contributed by atoms with Crippen molar-refractivity contribution < 1.29 is 19.3 Å². The molecule has 1 rings (SSSR count). The minimum Gasteiger partial charge on any atom is -0.493 e. The molecule has 0 aliphatic heterocycles. The largest absolute Gasteiger partial charge is 0.493 e. The van der Waals surface area contributed by atoms with Gasteiger partial charge < -0.3 is 19.3 Å². The molecule has 1 atom stereocenters. The first-order valence-electron chi connectivity index (χ1n) is 6.28. The number of aliphatic hydroxyl groups is 1. The van der Waals surface area contributed by atoms with Crippen molar-refractivity contribution in [2.24, 2.45) is 0 Å². The number of rotatable bonds is 3. The fourth-order valence-corrected chi connectivity index (χ4v) is 1.53. The second kappa shape index (κ2) is 8.58. The van der Waals surface area contributed by atoms with Crippen molar-refractivity contribution in [3.8, 4) is 40.9 Å². The molecule has 0 bridgehead atoms. The van der Waals surface area contributed by atoms with Gasteiger partial charge in [-0.3, -0.25) is 0 Å². The minimum atomic E-state index is -0.641. The highest BCUT2D eigenvalue weighted by molar-refractivity contribution is 5.57. The van der Waals surface area contributed by atoms with Gasteiger partial charge in [-0.2, -0.15) is 0 Å². The Balaban J connectivity index is 2.98. The fourth-order valence-electron chi connectivity index (χ4n) is 1.53. The van der Waals surface area contributed by atoms with Crippen LogP contribution in [0.1, 0.15) is 12.5 Å². The molecule has 21 heavy (non-hydrogen) atoms. The highest BCUT2D eigenvalue weighted by Gasteiger charge is 2.11. The van der Waals surface area contributed by atoms with E-state index in [9.17, 15) is 0 Å². The second-order valence-electron chi connectivity index (χ2n) is 3.98. The average molecular weight is 286 g/mol. The molecule has 1 aromatic carbocycles. The molecule has 0 saturated carbocycles. The Hall–Kier alpha value is -2.56. The summed E-state index contributed by atoms with van der Waals surface area (Å²) >= 11 is 0. The lowest BCUT2D eigenvalue weighted by Crippen LogP contribution is -1.95. The van der Waals surface area contributed by atoms with Crippen molar-refractivity contribution >= 4 is 0 Å². The van der Waals surface area contributed by atoms with Crippen molar-refractivity contribution in [2.75, 3.05) is 21.3 Å². The highest BCUT2D eigenvalue weighted by atomic mass is 16.5. The summed E-state index contributed by atoms with van der Waals surface area (Å²) in [5, 5.41) is 8.97. The van der Waals surface area contributed by atoms with Gasteiger partial charge in [0.15, 0.2) is 11.5 Å². The molecule has 4 nitrogen and oxygen atoms in total. The summed E-state index contributed by atoms with van der Waals surface area (Å²) in [6.45, 7) is 1.60. The average Bonchev–Trinajstić information content (AvgIpc) is 2.49. The summed E-state index contributed by atoms with van der Waals surface area (Å²) in [4.78, 5) is 0. The molecule has 0 unspecified atom stereocenters. The highest BCUT2D eigenvalue weighted by Crippen LogP contribution is 2.37. The monoisotopic (exact) mass is 286 g/mol. The van der Waals surface area contributed by atoms with Crippen molar-refractivity contribution in [1.29, 1.82) is 0 Å². The summed E-state index contributed by atoms with van der Waals surface area (Å²) in [5.41, 5.74) is 0.734. The third-order valence-electron chi connectivity index (χ3n) is 2.42. The van der Waals surface area contributed by atoms with Gasteiger partial charge in [0, 0.05) is 5.56 Å². The molecule has 0 heterocycles. The van der Waals surface area contributed by atoms with Crippen LogP contribution in [0.15, 0.2) is 24.3 Å². The van der Waals surface area contributed by atoms with Gasteiger partial charge >= 0.3 is 0 Å². The minimum absolute atomic E-state index is 0.531. The van der Waals surface area contributed by atoms with E-state index in [0.717, 1.165) is 5.56 Å². The van der Waals surface area contributed by atoms with Gasteiger partial charge in [0.1, 0.15) is 6.10 Å². The molecule has 0 aromatic heterocycles. The van der Waals surface area contributed by atoms with Crippen LogP contribution in [0.3, 0.4) is 0 Å². The Kier molecular flexibility index (Phi) is 6.74. The van der Waals surface area contributed by atoms with E-state index in [1.54, 1.807) is 52.5 Å². The molecule has 110 valence electrons. The molecule has 0 aliphatic rings. The van der Waals surface area contributed by atoms with Crippen LogP contribution in [0.5, 0.6) is 17.2 Å². The standard InChI is InChI=1S/C17H18O4/c1-13(18)9-7-5-6-8-10-14-11-15(19-2)17(21-4)16(12-14)20-3/h5-6,11-13,18H,1-4H3/b6-5-/t13-/m0/s1. The number of ether oxygens (including phenoxy) is 3. The van der Waals surface area contributed by atoms with Crippen LogP contribution in [0.2, 0.25) is 0 Å². The molecular formula is C17H18O4. The molecule has 1 aromatic rings. The fraction of sp³-hybridized carbons (Fsp3) is 0.294. The SMILES string of the molecule is COc1cc(C#C/C=C\C#C[C@H](C)O)cc(OC)c1OC. The molecule has 0 aliphatic carbocycles. The van der Waals surface area contributed by atoms with Gasteiger partial charge in [0.05, 0.1) is 21.3 Å². The third-order valence-corrected chi connectivity index (χ3v) is 2.42. The van der Waals surface area contributed by atoms with Gasteiger partial charge in [-0.05, 0) is 31.2 Å². The molecule has 4 heteroatoms. The molecule has 0 spiro atoms. The number of hydrogen-bond acceptors (Lipinski definition) is 4. The van der Waals surface area contributed by atoms with Crippen LogP contribution in [-0.4, -0.2) is 32.5 Å². The van der Waals surface area contributed by atoms with E-state index < -0.39 is 6.10 Å². The smallest absolute Gasteiger partial charge is 0.203 e. The van der Waals surface area contributed by atoms with E-state index in [2.05, 4.69) is 23.7 Å². The van der Waals surface area contributed by atoms with E-state index in [1.807, 2.05) is 0 Å². The topological polar surface area (TPSA) is 47.9 Å². The first-order chi connectivity index (χ1) is 10.1. The van der Waals surface area contributed by atoms with Gasteiger partial charge in [0.2, 0.25) is 5.75 Å². The number of allylic oxidation sites excluding steroid dienone is 2.